The van der Waals surface area contributed by atoms with E-state index in [0.717, 1.165) is 37.0 Å². The van der Waals surface area contributed by atoms with Gasteiger partial charge < -0.3 is 9.72 Å². The van der Waals surface area contributed by atoms with Crippen LogP contribution in [-0.2, 0) is 4.74 Å². The average Bonchev–Trinajstić information content (AvgIpc) is 3.04. The van der Waals surface area contributed by atoms with Crippen molar-refractivity contribution in [2.45, 2.75) is 13.8 Å². The number of carbonyl (C=O) groups excluding carboxylic acids is 1. The van der Waals surface area contributed by atoms with Crippen LogP contribution in [0.2, 0.25) is 0 Å². The standard InChI is InChI=1S/C17H14N2O2S/c1-3-21-17(20)14-15-11(8-13-16(14)18-9(2)22-13)10-6-4-5-7-12(10)19-15/h4-8,19H,3H2,1-2H3. The van der Waals surface area contributed by atoms with Gasteiger partial charge in [-0.3, -0.25) is 0 Å². The Labute approximate surface area is 130 Å². The van der Waals surface area contributed by atoms with Gasteiger partial charge in [0.25, 0.3) is 0 Å². The third-order valence-corrected chi connectivity index (χ3v) is 4.67. The van der Waals surface area contributed by atoms with E-state index in [9.17, 15) is 4.79 Å². The number of benzene rings is 2. The summed E-state index contributed by atoms with van der Waals surface area (Å²) in [6.07, 6.45) is 0. The van der Waals surface area contributed by atoms with E-state index in [1.54, 1.807) is 11.3 Å². The Bertz CT molecular complexity index is 1030. The molecule has 2 heterocycles. The highest BCUT2D eigenvalue weighted by molar-refractivity contribution is 7.18. The van der Waals surface area contributed by atoms with Crippen LogP contribution in [0.15, 0.2) is 30.3 Å². The number of aryl methyl sites for hydroxylation is 1. The largest absolute Gasteiger partial charge is 0.462 e. The molecule has 4 rings (SSSR count). The van der Waals surface area contributed by atoms with Gasteiger partial charge in [-0.2, -0.15) is 0 Å². The van der Waals surface area contributed by atoms with Crippen molar-refractivity contribution in [2.24, 2.45) is 0 Å². The van der Waals surface area contributed by atoms with Crippen molar-refractivity contribution in [2.75, 3.05) is 6.61 Å². The first-order valence-corrected chi connectivity index (χ1v) is 7.98. The van der Waals surface area contributed by atoms with E-state index in [4.69, 9.17) is 4.74 Å². The summed E-state index contributed by atoms with van der Waals surface area (Å²) in [5, 5.41) is 3.09. The fraction of sp³-hybridized carbons (Fsp3) is 0.176. The Morgan fingerprint density at radius 2 is 2.14 bits per heavy atom. The topological polar surface area (TPSA) is 55.0 Å². The lowest BCUT2D eigenvalue weighted by Crippen LogP contribution is -2.06. The number of H-pyrrole nitrogens is 1. The Hall–Kier alpha value is -2.40. The molecular formula is C17H14N2O2S. The fourth-order valence-electron chi connectivity index (χ4n) is 2.88. The molecule has 0 atom stereocenters. The number of nitrogens with one attached hydrogen (secondary N) is 1. The van der Waals surface area contributed by atoms with Crippen molar-refractivity contribution in [1.29, 1.82) is 0 Å². The zero-order valence-electron chi connectivity index (χ0n) is 12.3. The molecule has 4 nitrogen and oxygen atoms in total. The number of fused-ring (bicyclic) bond motifs is 4. The molecule has 110 valence electrons. The lowest BCUT2D eigenvalue weighted by molar-refractivity contribution is 0.0530. The summed E-state index contributed by atoms with van der Waals surface area (Å²) in [5.41, 5.74) is 3.07. The molecule has 0 aliphatic carbocycles. The number of carbonyl (C=O) groups is 1. The van der Waals surface area contributed by atoms with Crippen molar-refractivity contribution in [3.63, 3.8) is 0 Å². The van der Waals surface area contributed by atoms with Crippen LogP contribution in [0, 0.1) is 6.92 Å². The minimum absolute atomic E-state index is 0.324. The summed E-state index contributed by atoms with van der Waals surface area (Å²) < 4.78 is 6.27. The molecular weight excluding hydrogens is 296 g/mol. The summed E-state index contributed by atoms with van der Waals surface area (Å²) in [6, 6.07) is 10.2. The molecule has 0 saturated carbocycles. The van der Waals surface area contributed by atoms with E-state index >= 15 is 0 Å². The zero-order chi connectivity index (χ0) is 15.3. The molecule has 0 amide bonds. The second-order valence-electron chi connectivity index (χ2n) is 5.14. The van der Waals surface area contributed by atoms with Gasteiger partial charge in [-0.1, -0.05) is 18.2 Å². The first-order valence-electron chi connectivity index (χ1n) is 7.16. The molecule has 4 aromatic rings. The van der Waals surface area contributed by atoms with Crippen LogP contribution in [-0.4, -0.2) is 22.5 Å². The van der Waals surface area contributed by atoms with Crippen molar-refractivity contribution in [3.8, 4) is 0 Å². The number of esters is 1. The van der Waals surface area contributed by atoms with Gasteiger partial charge in [0.05, 0.1) is 27.3 Å². The molecule has 0 aliphatic rings. The summed E-state index contributed by atoms with van der Waals surface area (Å²) in [6.45, 7) is 4.11. The van der Waals surface area contributed by atoms with Gasteiger partial charge in [0.2, 0.25) is 0 Å². The first kappa shape index (κ1) is 13.3. The maximum atomic E-state index is 12.5. The maximum Gasteiger partial charge on any atom is 0.342 e. The monoisotopic (exact) mass is 310 g/mol. The highest BCUT2D eigenvalue weighted by Gasteiger charge is 2.21. The summed E-state index contributed by atoms with van der Waals surface area (Å²) in [4.78, 5) is 20.4. The van der Waals surface area contributed by atoms with Gasteiger partial charge in [0.1, 0.15) is 5.56 Å². The van der Waals surface area contributed by atoms with Gasteiger partial charge in [0, 0.05) is 16.3 Å². The SMILES string of the molecule is CCOC(=O)c1c2nc(C)sc2cc2c1[nH]c1ccccc12. The molecule has 0 radical (unpaired) electrons. The molecule has 0 fully saturated rings. The number of nitrogens with zero attached hydrogens (tertiary/aromatic N) is 1. The third kappa shape index (κ3) is 1.82. The minimum atomic E-state index is -0.324. The minimum Gasteiger partial charge on any atom is -0.462 e. The molecule has 5 heteroatoms. The number of hydrogen-bond acceptors (Lipinski definition) is 4. The van der Waals surface area contributed by atoms with Crippen LogP contribution in [0.5, 0.6) is 0 Å². The third-order valence-electron chi connectivity index (χ3n) is 3.75. The molecule has 0 bridgehead atoms. The van der Waals surface area contributed by atoms with Crippen molar-refractivity contribution in [1.82, 2.24) is 9.97 Å². The van der Waals surface area contributed by atoms with E-state index in [1.807, 2.05) is 32.0 Å². The second kappa shape index (κ2) is 4.81. The quantitative estimate of drug-likeness (QED) is 0.558. The Kier molecular flexibility index (Phi) is 2.90. The normalized spacial score (nSPS) is 11.5. The van der Waals surface area contributed by atoms with Crippen LogP contribution in [0.4, 0.5) is 0 Å². The van der Waals surface area contributed by atoms with Crippen LogP contribution in [0.3, 0.4) is 0 Å². The lowest BCUT2D eigenvalue weighted by Gasteiger charge is -2.04. The van der Waals surface area contributed by atoms with Crippen molar-refractivity contribution in [3.05, 3.63) is 40.9 Å². The van der Waals surface area contributed by atoms with E-state index in [0.29, 0.717) is 12.2 Å². The number of ether oxygens (including phenoxy) is 1. The number of para-hydroxylation sites is 1. The van der Waals surface area contributed by atoms with E-state index in [-0.39, 0.29) is 5.97 Å². The average molecular weight is 310 g/mol. The number of aromatic nitrogens is 2. The van der Waals surface area contributed by atoms with Crippen molar-refractivity contribution < 1.29 is 9.53 Å². The van der Waals surface area contributed by atoms with Crippen LogP contribution < -0.4 is 0 Å². The number of rotatable bonds is 2. The molecule has 0 saturated heterocycles. The Morgan fingerprint density at radius 3 is 2.95 bits per heavy atom. The number of hydrogen-bond donors (Lipinski definition) is 1. The predicted molar refractivity (Wildman–Crippen MR) is 89.7 cm³/mol. The number of thiazole rings is 1. The Morgan fingerprint density at radius 1 is 1.32 bits per heavy atom. The van der Waals surface area contributed by atoms with Gasteiger partial charge in [-0.25, -0.2) is 9.78 Å². The zero-order valence-corrected chi connectivity index (χ0v) is 13.1. The summed E-state index contributed by atoms with van der Waals surface area (Å²) in [7, 11) is 0. The van der Waals surface area contributed by atoms with Crippen LogP contribution in [0.25, 0.3) is 32.0 Å². The molecule has 0 aliphatic heterocycles. The molecule has 2 aromatic carbocycles. The second-order valence-corrected chi connectivity index (χ2v) is 6.38. The van der Waals surface area contributed by atoms with Crippen LogP contribution in [0.1, 0.15) is 22.3 Å². The first-order chi connectivity index (χ1) is 10.7. The highest BCUT2D eigenvalue weighted by atomic mass is 32.1. The van der Waals surface area contributed by atoms with Crippen LogP contribution >= 0.6 is 11.3 Å². The maximum absolute atomic E-state index is 12.5. The molecule has 2 aromatic heterocycles. The molecule has 0 unspecified atom stereocenters. The molecule has 1 N–H and O–H groups in total. The van der Waals surface area contributed by atoms with E-state index in [1.165, 1.54) is 0 Å². The summed E-state index contributed by atoms with van der Waals surface area (Å²) in [5.74, 6) is -0.324. The molecule has 22 heavy (non-hydrogen) atoms. The highest BCUT2D eigenvalue weighted by Crippen LogP contribution is 2.35. The Balaban J connectivity index is 2.19. The van der Waals surface area contributed by atoms with E-state index in [2.05, 4.69) is 22.1 Å². The predicted octanol–water partition coefficient (Wildman–Crippen LogP) is 4.42. The number of aromatic amines is 1. The molecule has 0 spiro atoms. The van der Waals surface area contributed by atoms with Crippen molar-refractivity contribution >= 4 is 49.3 Å². The smallest absolute Gasteiger partial charge is 0.342 e. The van der Waals surface area contributed by atoms with Gasteiger partial charge in [-0.15, -0.1) is 11.3 Å². The lowest BCUT2D eigenvalue weighted by atomic mass is 10.1. The van der Waals surface area contributed by atoms with Gasteiger partial charge in [-0.05, 0) is 26.0 Å². The van der Waals surface area contributed by atoms with Gasteiger partial charge >= 0.3 is 5.97 Å². The van der Waals surface area contributed by atoms with Gasteiger partial charge in [0.15, 0.2) is 0 Å². The summed E-state index contributed by atoms with van der Waals surface area (Å²) >= 11 is 1.60. The fourth-order valence-corrected chi connectivity index (χ4v) is 3.76. The van der Waals surface area contributed by atoms with E-state index < -0.39 is 0 Å².